The number of carbonyl (C=O) groups is 1. The molecule has 18 heavy (non-hydrogen) atoms. The lowest BCUT2D eigenvalue weighted by molar-refractivity contribution is -0.122. The monoisotopic (exact) mass is 248 g/mol. The van der Waals surface area contributed by atoms with E-state index in [4.69, 9.17) is 0 Å². The minimum Gasteiger partial charge on any atom is -0.351 e. The molecule has 0 heterocycles. The molecule has 100 valence electrons. The third kappa shape index (κ3) is 5.82. The van der Waals surface area contributed by atoms with E-state index < -0.39 is 0 Å². The predicted molar refractivity (Wildman–Crippen MR) is 75.4 cm³/mol. The van der Waals surface area contributed by atoms with Crippen molar-refractivity contribution in [3.05, 3.63) is 35.9 Å². The van der Waals surface area contributed by atoms with E-state index in [9.17, 15) is 4.79 Å². The van der Waals surface area contributed by atoms with E-state index in [1.54, 1.807) is 0 Å². The fourth-order valence-electron chi connectivity index (χ4n) is 1.74. The van der Waals surface area contributed by atoms with Crippen LogP contribution >= 0.6 is 0 Å². The summed E-state index contributed by atoms with van der Waals surface area (Å²) in [5.74, 6) is 0.0928. The average molecular weight is 248 g/mol. The molecular weight excluding hydrogens is 224 g/mol. The molecule has 1 amide bonds. The molecule has 1 rings (SSSR count). The summed E-state index contributed by atoms with van der Waals surface area (Å²) < 4.78 is 0. The van der Waals surface area contributed by atoms with E-state index in [-0.39, 0.29) is 17.5 Å². The summed E-state index contributed by atoms with van der Waals surface area (Å²) in [5, 5.41) is 6.31. The Morgan fingerprint density at radius 1 is 1.22 bits per heavy atom. The predicted octanol–water partition coefficient (Wildman–Crippen LogP) is 2.64. The maximum absolute atomic E-state index is 11.6. The second-order valence-electron chi connectivity index (χ2n) is 5.63. The van der Waals surface area contributed by atoms with Crippen molar-refractivity contribution in [2.75, 3.05) is 6.54 Å². The normalized spacial score (nSPS) is 13.1. The fourth-order valence-corrected chi connectivity index (χ4v) is 1.74. The molecule has 1 unspecified atom stereocenters. The fraction of sp³-hybridized carbons (Fsp3) is 0.533. The molecule has 0 fully saturated rings. The number of amides is 1. The maximum Gasteiger partial charge on any atom is 0.221 e. The van der Waals surface area contributed by atoms with Gasteiger partial charge in [0, 0.05) is 24.5 Å². The van der Waals surface area contributed by atoms with Crippen molar-refractivity contribution < 1.29 is 4.79 Å². The molecule has 1 atom stereocenters. The zero-order valence-corrected chi connectivity index (χ0v) is 11.8. The maximum atomic E-state index is 11.6. The molecular formula is C15H24N2O. The summed E-state index contributed by atoms with van der Waals surface area (Å²) in [4.78, 5) is 11.6. The molecule has 3 heteroatoms. The van der Waals surface area contributed by atoms with Gasteiger partial charge in [-0.2, -0.15) is 0 Å². The Labute approximate surface area is 110 Å². The van der Waals surface area contributed by atoms with Crippen LogP contribution in [0.4, 0.5) is 0 Å². The van der Waals surface area contributed by atoms with E-state index in [0.717, 1.165) is 0 Å². The summed E-state index contributed by atoms with van der Waals surface area (Å²) in [6.07, 6.45) is 0.508. The molecule has 0 aliphatic carbocycles. The van der Waals surface area contributed by atoms with Crippen LogP contribution in [0.3, 0.4) is 0 Å². The van der Waals surface area contributed by atoms with Crippen molar-refractivity contribution in [2.45, 2.75) is 45.7 Å². The topological polar surface area (TPSA) is 41.1 Å². The van der Waals surface area contributed by atoms with E-state index in [1.165, 1.54) is 5.56 Å². The van der Waals surface area contributed by atoms with E-state index in [0.29, 0.717) is 13.0 Å². The Morgan fingerprint density at radius 3 is 2.39 bits per heavy atom. The van der Waals surface area contributed by atoms with E-state index >= 15 is 0 Å². The molecule has 0 radical (unpaired) electrons. The summed E-state index contributed by atoms with van der Waals surface area (Å²) in [5.41, 5.74) is 1.09. The SMILES string of the molecule is CC(NCCC(=O)NC(C)(C)C)c1ccccc1. The number of carbonyl (C=O) groups excluding carboxylic acids is 1. The van der Waals surface area contributed by atoms with Gasteiger partial charge in [-0.25, -0.2) is 0 Å². The molecule has 0 spiro atoms. The van der Waals surface area contributed by atoms with Crippen molar-refractivity contribution in [3.63, 3.8) is 0 Å². The zero-order chi connectivity index (χ0) is 13.6. The molecule has 0 aromatic heterocycles. The van der Waals surface area contributed by atoms with Crippen molar-refractivity contribution >= 4 is 5.91 Å². The lowest BCUT2D eigenvalue weighted by atomic mass is 10.1. The first kappa shape index (κ1) is 14.7. The number of nitrogens with one attached hydrogen (secondary N) is 2. The summed E-state index contributed by atoms with van der Waals surface area (Å²) >= 11 is 0. The molecule has 2 N–H and O–H groups in total. The Bertz CT molecular complexity index is 368. The Hall–Kier alpha value is -1.35. The number of rotatable bonds is 5. The highest BCUT2D eigenvalue weighted by molar-refractivity contribution is 5.76. The highest BCUT2D eigenvalue weighted by atomic mass is 16.1. The summed E-state index contributed by atoms with van der Waals surface area (Å²) in [6.45, 7) is 8.77. The van der Waals surface area contributed by atoms with Gasteiger partial charge in [-0.1, -0.05) is 30.3 Å². The van der Waals surface area contributed by atoms with Gasteiger partial charge >= 0.3 is 0 Å². The minimum absolute atomic E-state index is 0.0928. The van der Waals surface area contributed by atoms with Gasteiger partial charge in [-0.05, 0) is 33.3 Å². The smallest absolute Gasteiger partial charge is 0.221 e. The second kappa shape index (κ2) is 6.55. The number of benzene rings is 1. The number of hydrogen-bond acceptors (Lipinski definition) is 2. The van der Waals surface area contributed by atoms with Crippen LogP contribution in [0.2, 0.25) is 0 Å². The van der Waals surface area contributed by atoms with Crippen molar-refractivity contribution in [2.24, 2.45) is 0 Å². The summed E-state index contributed by atoms with van der Waals surface area (Å²) in [7, 11) is 0. The largest absolute Gasteiger partial charge is 0.351 e. The molecule has 1 aromatic rings. The van der Waals surface area contributed by atoms with Crippen LogP contribution in [0.5, 0.6) is 0 Å². The zero-order valence-electron chi connectivity index (χ0n) is 11.8. The quantitative estimate of drug-likeness (QED) is 0.841. The average Bonchev–Trinajstić information content (AvgIpc) is 2.27. The van der Waals surface area contributed by atoms with Gasteiger partial charge in [-0.3, -0.25) is 4.79 Å². The Morgan fingerprint density at radius 2 is 1.83 bits per heavy atom. The van der Waals surface area contributed by atoms with Gasteiger partial charge in [0.05, 0.1) is 0 Å². The van der Waals surface area contributed by atoms with Gasteiger partial charge in [0.2, 0.25) is 5.91 Å². The first-order valence-corrected chi connectivity index (χ1v) is 6.48. The van der Waals surface area contributed by atoms with Crippen LogP contribution in [0.25, 0.3) is 0 Å². The molecule has 3 nitrogen and oxygen atoms in total. The molecule has 0 aliphatic rings. The third-order valence-corrected chi connectivity index (χ3v) is 2.62. The second-order valence-corrected chi connectivity index (χ2v) is 5.63. The lowest BCUT2D eigenvalue weighted by Gasteiger charge is -2.21. The van der Waals surface area contributed by atoms with Gasteiger partial charge in [0.1, 0.15) is 0 Å². The Balaban J connectivity index is 2.28. The van der Waals surface area contributed by atoms with E-state index in [2.05, 4.69) is 29.7 Å². The van der Waals surface area contributed by atoms with Crippen molar-refractivity contribution in [1.82, 2.24) is 10.6 Å². The third-order valence-electron chi connectivity index (χ3n) is 2.62. The van der Waals surface area contributed by atoms with Crippen LogP contribution in [0, 0.1) is 0 Å². The molecule has 0 aliphatic heterocycles. The van der Waals surface area contributed by atoms with Crippen LogP contribution < -0.4 is 10.6 Å². The number of hydrogen-bond donors (Lipinski definition) is 2. The minimum atomic E-state index is -0.151. The highest BCUT2D eigenvalue weighted by Gasteiger charge is 2.13. The van der Waals surface area contributed by atoms with Crippen LogP contribution in [0.1, 0.15) is 45.7 Å². The van der Waals surface area contributed by atoms with Gasteiger partial charge < -0.3 is 10.6 Å². The standard InChI is InChI=1S/C15H24N2O/c1-12(13-8-6-5-7-9-13)16-11-10-14(18)17-15(2,3)4/h5-9,12,16H,10-11H2,1-4H3,(H,17,18). The Kier molecular flexibility index (Phi) is 5.35. The van der Waals surface area contributed by atoms with Crippen LogP contribution in [0.15, 0.2) is 30.3 Å². The molecule has 0 saturated heterocycles. The van der Waals surface area contributed by atoms with Crippen molar-refractivity contribution in [1.29, 1.82) is 0 Å². The van der Waals surface area contributed by atoms with Gasteiger partial charge in [0.25, 0.3) is 0 Å². The van der Waals surface area contributed by atoms with E-state index in [1.807, 2.05) is 39.0 Å². The first-order valence-electron chi connectivity index (χ1n) is 6.48. The first-order chi connectivity index (χ1) is 8.38. The lowest BCUT2D eigenvalue weighted by Crippen LogP contribution is -2.41. The van der Waals surface area contributed by atoms with Crippen molar-refractivity contribution in [3.8, 4) is 0 Å². The molecule has 0 bridgehead atoms. The van der Waals surface area contributed by atoms with Gasteiger partial charge in [0.15, 0.2) is 0 Å². The van der Waals surface area contributed by atoms with Crippen LogP contribution in [-0.2, 0) is 4.79 Å². The summed E-state index contributed by atoms with van der Waals surface area (Å²) in [6, 6.07) is 10.5. The van der Waals surface area contributed by atoms with Crippen LogP contribution in [-0.4, -0.2) is 18.0 Å². The highest BCUT2D eigenvalue weighted by Crippen LogP contribution is 2.10. The molecule has 1 aromatic carbocycles. The van der Waals surface area contributed by atoms with Gasteiger partial charge in [-0.15, -0.1) is 0 Å². The molecule has 0 saturated carbocycles.